The zero-order chi connectivity index (χ0) is 14.7. The molecule has 0 aromatic heterocycles. The van der Waals surface area contributed by atoms with Gasteiger partial charge >= 0.3 is 0 Å². The molecular formula is C13H17N3O3S. The van der Waals surface area contributed by atoms with Crippen molar-refractivity contribution in [3.05, 3.63) is 39.4 Å². The van der Waals surface area contributed by atoms with Crippen LogP contribution in [0.2, 0.25) is 0 Å². The minimum atomic E-state index is -0.387. The average Bonchev–Trinajstić information content (AvgIpc) is 2.78. The second-order valence-corrected chi connectivity index (χ2v) is 5.65. The third-order valence-corrected chi connectivity index (χ3v) is 3.95. The summed E-state index contributed by atoms with van der Waals surface area (Å²) in [6.07, 6.45) is 1.72. The number of nitrogens with one attached hydrogen (secondary N) is 1. The Hall–Kier alpha value is -1.60. The zero-order valence-electron chi connectivity index (χ0n) is 11.5. The van der Waals surface area contributed by atoms with Gasteiger partial charge < -0.3 is 4.90 Å². The Morgan fingerprint density at radius 2 is 2.30 bits per heavy atom. The average molecular weight is 295 g/mol. The number of hydrogen-bond acceptors (Lipinski definition) is 5. The molecule has 7 heteroatoms. The molecule has 1 unspecified atom stereocenters. The van der Waals surface area contributed by atoms with Crippen molar-refractivity contribution in [1.29, 1.82) is 0 Å². The summed E-state index contributed by atoms with van der Waals surface area (Å²) < 4.78 is 0. The van der Waals surface area contributed by atoms with Crippen molar-refractivity contribution in [3.8, 4) is 0 Å². The molecule has 108 valence electrons. The SMILES string of the molecule is CSCCN1C(=O)CNC1c1ccc(C)c([N+](=O)[O-])c1. The predicted molar refractivity (Wildman–Crippen MR) is 78.7 cm³/mol. The fraction of sp³-hybridized carbons (Fsp3) is 0.462. The number of nitro benzene ring substituents is 1. The van der Waals surface area contributed by atoms with E-state index < -0.39 is 0 Å². The molecule has 1 atom stereocenters. The van der Waals surface area contributed by atoms with Crippen molar-refractivity contribution < 1.29 is 9.72 Å². The van der Waals surface area contributed by atoms with Crippen molar-refractivity contribution in [2.45, 2.75) is 13.1 Å². The van der Waals surface area contributed by atoms with E-state index in [0.29, 0.717) is 12.1 Å². The normalized spacial score (nSPS) is 18.6. The Kier molecular flexibility index (Phi) is 4.61. The first kappa shape index (κ1) is 14.8. The van der Waals surface area contributed by atoms with E-state index in [1.54, 1.807) is 35.7 Å². The molecule has 0 spiro atoms. The lowest BCUT2D eigenvalue weighted by Crippen LogP contribution is -2.32. The molecule has 1 saturated heterocycles. The van der Waals surface area contributed by atoms with Crippen molar-refractivity contribution in [2.75, 3.05) is 25.1 Å². The Bertz CT molecular complexity index is 536. The van der Waals surface area contributed by atoms with Gasteiger partial charge in [0.2, 0.25) is 5.91 Å². The maximum absolute atomic E-state index is 11.9. The Morgan fingerprint density at radius 3 is 2.95 bits per heavy atom. The van der Waals surface area contributed by atoms with Gasteiger partial charge in [-0.2, -0.15) is 11.8 Å². The van der Waals surface area contributed by atoms with Crippen molar-refractivity contribution >= 4 is 23.4 Å². The summed E-state index contributed by atoms with van der Waals surface area (Å²) in [5, 5.41) is 14.1. The van der Waals surface area contributed by atoms with Gasteiger partial charge in [-0.05, 0) is 18.7 Å². The number of amides is 1. The standard InChI is InChI=1S/C13H17N3O3S/c1-9-3-4-10(7-11(9)16(18)19)13-14-8-12(17)15(13)5-6-20-2/h3-4,7,13-14H,5-6,8H2,1-2H3. The van der Waals surface area contributed by atoms with Crippen molar-refractivity contribution in [2.24, 2.45) is 0 Å². The summed E-state index contributed by atoms with van der Waals surface area (Å²) in [5.74, 6) is 0.880. The lowest BCUT2D eigenvalue weighted by Gasteiger charge is -2.24. The van der Waals surface area contributed by atoms with E-state index in [1.807, 2.05) is 12.3 Å². The summed E-state index contributed by atoms with van der Waals surface area (Å²) in [6.45, 7) is 2.63. The van der Waals surface area contributed by atoms with Crippen molar-refractivity contribution in [1.82, 2.24) is 10.2 Å². The molecule has 1 aromatic carbocycles. The molecule has 2 rings (SSSR count). The molecule has 1 heterocycles. The predicted octanol–water partition coefficient (Wildman–Crippen LogP) is 1.70. The molecule has 0 radical (unpaired) electrons. The van der Waals surface area contributed by atoms with Gasteiger partial charge in [-0.1, -0.05) is 12.1 Å². The Balaban J connectivity index is 2.28. The maximum Gasteiger partial charge on any atom is 0.272 e. The smallest absolute Gasteiger partial charge is 0.272 e. The van der Waals surface area contributed by atoms with Gasteiger partial charge in [0.05, 0.1) is 11.5 Å². The highest BCUT2D eigenvalue weighted by atomic mass is 32.2. The summed E-state index contributed by atoms with van der Waals surface area (Å²) in [4.78, 5) is 24.2. The minimum absolute atomic E-state index is 0.0345. The molecule has 1 amide bonds. The quantitative estimate of drug-likeness (QED) is 0.661. The molecule has 1 aliphatic heterocycles. The van der Waals surface area contributed by atoms with Crippen LogP contribution in [0.4, 0.5) is 5.69 Å². The summed E-state index contributed by atoms with van der Waals surface area (Å²) in [5.41, 5.74) is 1.47. The van der Waals surface area contributed by atoms with Gasteiger partial charge in [0.1, 0.15) is 6.17 Å². The number of benzene rings is 1. The fourth-order valence-corrected chi connectivity index (χ4v) is 2.65. The van der Waals surface area contributed by atoms with Crippen LogP contribution in [0.25, 0.3) is 0 Å². The lowest BCUT2D eigenvalue weighted by molar-refractivity contribution is -0.385. The van der Waals surface area contributed by atoms with Gasteiger partial charge in [-0.25, -0.2) is 0 Å². The molecule has 0 aliphatic carbocycles. The highest BCUT2D eigenvalue weighted by Gasteiger charge is 2.32. The molecule has 20 heavy (non-hydrogen) atoms. The molecular weight excluding hydrogens is 278 g/mol. The number of carbonyl (C=O) groups is 1. The van der Waals surface area contributed by atoms with E-state index in [0.717, 1.165) is 11.3 Å². The second-order valence-electron chi connectivity index (χ2n) is 4.67. The maximum atomic E-state index is 11.9. The molecule has 1 fully saturated rings. The third kappa shape index (κ3) is 2.94. The molecule has 0 bridgehead atoms. The number of carbonyl (C=O) groups excluding carboxylic acids is 1. The number of nitrogens with zero attached hydrogens (tertiary/aromatic N) is 2. The van der Waals surface area contributed by atoms with E-state index >= 15 is 0 Å². The van der Waals surface area contributed by atoms with Crippen LogP contribution in [0.1, 0.15) is 17.3 Å². The highest BCUT2D eigenvalue weighted by Crippen LogP contribution is 2.27. The molecule has 1 aromatic rings. The van der Waals surface area contributed by atoms with Gasteiger partial charge in [0.25, 0.3) is 5.69 Å². The number of nitro groups is 1. The highest BCUT2D eigenvalue weighted by molar-refractivity contribution is 7.98. The van der Waals surface area contributed by atoms with Gasteiger partial charge in [0.15, 0.2) is 0 Å². The molecule has 0 saturated carbocycles. The Morgan fingerprint density at radius 1 is 1.55 bits per heavy atom. The van der Waals surface area contributed by atoms with E-state index in [4.69, 9.17) is 0 Å². The first-order valence-electron chi connectivity index (χ1n) is 6.31. The first-order chi connectivity index (χ1) is 9.54. The van der Waals surface area contributed by atoms with E-state index in [2.05, 4.69) is 5.32 Å². The van der Waals surface area contributed by atoms with Crippen LogP contribution < -0.4 is 5.32 Å². The minimum Gasteiger partial charge on any atom is -0.321 e. The largest absolute Gasteiger partial charge is 0.321 e. The monoisotopic (exact) mass is 295 g/mol. The second kappa shape index (κ2) is 6.23. The topological polar surface area (TPSA) is 75.5 Å². The van der Waals surface area contributed by atoms with Crippen LogP contribution in [-0.2, 0) is 4.79 Å². The molecule has 6 nitrogen and oxygen atoms in total. The summed E-state index contributed by atoms with van der Waals surface area (Å²) >= 11 is 1.67. The van der Waals surface area contributed by atoms with Crippen LogP contribution in [0.5, 0.6) is 0 Å². The summed E-state index contributed by atoms with van der Waals surface area (Å²) in [7, 11) is 0. The number of hydrogen-bond donors (Lipinski definition) is 1. The summed E-state index contributed by atoms with van der Waals surface area (Å²) in [6, 6.07) is 5.12. The van der Waals surface area contributed by atoms with Crippen LogP contribution in [0.3, 0.4) is 0 Å². The first-order valence-corrected chi connectivity index (χ1v) is 7.70. The van der Waals surface area contributed by atoms with Gasteiger partial charge in [-0.3, -0.25) is 20.2 Å². The van der Waals surface area contributed by atoms with Crippen LogP contribution >= 0.6 is 11.8 Å². The van der Waals surface area contributed by atoms with E-state index in [1.165, 1.54) is 0 Å². The molecule has 1 N–H and O–H groups in total. The number of aryl methyl sites for hydroxylation is 1. The van der Waals surface area contributed by atoms with Crippen LogP contribution in [0.15, 0.2) is 18.2 Å². The van der Waals surface area contributed by atoms with Gasteiger partial charge in [-0.15, -0.1) is 0 Å². The van der Waals surface area contributed by atoms with Gasteiger partial charge in [0, 0.05) is 23.9 Å². The van der Waals surface area contributed by atoms with Crippen LogP contribution in [-0.4, -0.2) is 40.8 Å². The van der Waals surface area contributed by atoms with E-state index in [9.17, 15) is 14.9 Å². The number of thioether (sulfide) groups is 1. The third-order valence-electron chi connectivity index (χ3n) is 3.36. The number of rotatable bonds is 5. The van der Waals surface area contributed by atoms with Crippen molar-refractivity contribution in [3.63, 3.8) is 0 Å². The fourth-order valence-electron chi connectivity index (χ4n) is 2.27. The van der Waals surface area contributed by atoms with E-state index in [-0.39, 0.29) is 29.2 Å². The van der Waals surface area contributed by atoms with Crippen LogP contribution in [0, 0.1) is 17.0 Å². The Labute approximate surface area is 121 Å². The molecule has 1 aliphatic rings. The lowest BCUT2D eigenvalue weighted by atomic mass is 10.1. The zero-order valence-corrected chi connectivity index (χ0v) is 12.3.